The fourth-order valence-corrected chi connectivity index (χ4v) is 2.58. The second kappa shape index (κ2) is 7.99. The Morgan fingerprint density at radius 1 is 1.00 bits per heavy atom. The first-order chi connectivity index (χ1) is 11.3. The van der Waals surface area contributed by atoms with Crippen LogP contribution >= 0.6 is 0 Å². The van der Waals surface area contributed by atoms with Gasteiger partial charge in [0.1, 0.15) is 25.0 Å². The van der Waals surface area contributed by atoms with E-state index in [4.69, 9.17) is 9.47 Å². The number of hydrogen-bond donors (Lipinski definition) is 2. The third-order valence-electron chi connectivity index (χ3n) is 3.86. The molecule has 0 atom stereocenters. The van der Waals surface area contributed by atoms with E-state index in [1.165, 1.54) is 16.7 Å². The van der Waals surface area contributed by atoms with E-state index in [2.05, 4.69) is 48.3 Å². The lowest BCUT2D eigenvalue weighted by molar-refractivity contribution is 0.207. The van der Waals surface area contributed by atoms with Crippen molar-refractivity contribution in [3.63, 3.8) is 0 Å². The Bertz CT molecular complexity index is 608. The molecule has 2 aliphatic heterocycles. The van der Waals surface area contributed by atoms with E-state index in [-0.39, 0.29) is 0 Å². The molecule has 3 aliphatic rings. The Hall–Kier alpha value is -2.04. The van der Waals surface area contributed by atoms with Gasteiger partial charge in [-0.1, -0.05) is 37.3 Å². The molecule has 1 aliphatic carbocycles. The highest BCUT2D eigenvalue weighted by Crippen LogP contribution is 2.22. The minimum atomic E-state index is 0.605. The van der Waals surface area contributed by atoms with Crippen LogP contribution in [0.1, 0.15) is 18.1 Å². The topological polar surface area (TPSA) is 42.5 Å². The maximum Gasteiger partial charge on any atom is 0.139 e. The van der Waals surface area contributed by atoms with E-state index in [1.54, 1.807) is 0 Å². The molecular formula is C19H23N2O2. The smallest absolute Gasteiger partial charge is 0.139 e. The van der Waals surface area contributed by atoms with Gasteiger partial charge in [-0.15, -0.1) is 0 Å². The Morgan fingerprint density at radius 3 is 2.74 bits per heavy atom. The molecule has 0 aromatic heterocycles. The minimum absolute atomic E-state index is 0.605. The van der Waals surface area contributed by atoms with Crippen molar-refractivity contribution in [3.05, 3.63) is 71.4 Å². The third kappa shape index (κ3) is 4.47. The summed E-state index contributed by atoms with van der Waals surface area (Å²) in [5, 5.41) is 6.32. The van der Waals surface area contributed by atoms with Gasteiger partial charge < -0.3 is 9.47 Å². The lowest BCUT2D eigenvalue weighted by atomic mass is 10.1. The molecular weight excluding hydrogens is 288 g/mol. The van der Waals surface area contributed by atoms with Crippen LogP contribution in [0.4, 0.5) is 0 Å². The zero-order valence-electron chi connectivity index (χ0n) is 13.5. The van der Waals surface area contributed by atoms with Crippen LogP contribution in [0.25, 0.3) is 0 Å². The van der Waals surface area contributed by atoms with Gasteiger partial charge in [0.2, 0.25) is 0 Å². The molecule has 2 N–H and O–H groups in total. The van der Waals surface area contributed by atoms with Crippen molar-refractivity contribution in [1.29, 1.82) is 0 Å². The largest absolute Gasteiger partial charge is 0.482 e. The van der Waals surface area contributed by atoms with Crippen LogP contribution in [0.3, 0.4) is 0 Å². The monoisotopic (exact) mass is 311 g/mol. The normalized spacial score (nSPS) is 18.7. The first-order valence-electron chi connectivity index (χ1n) is 8.06. The van der Waals surface area contributed by atoms with Gasteiger partial charge in [-0.05, 0) is 29.7 Å². The lowest BCUT2D eigenvalue weighted by Crippen LogP contribution is -2.25. The van der Waals surface area contributed by atoms with E-state index < -0.39 is 0 Å². The second-order valence-corrected chi connectivity index (χ2v) is 5.57. The molecule has 0 saturated carbocycles. The Labute approximate surface area is 137 Å². The molecule has 1 radical (unpaired) electrons. The fourth-order valence-electron chi connectivity index (χ4n) is 2.58. The van der Waals surface area contributed by atoms with Gasteiger partial charge in [0.25, 0.3) is 0 Å². The zero-order chi connectivity index (χ0) is 15.9. The number of aryl methyl sites for hydroxylation is 1. The number of fused-ring (bicyclic) bond motifs is 3. The van der Waals surface area contributed by atoms with Crippen LogP contribution < -0.4 is 15.4 Å². The number of rotatable bonds is 1. The van der Waals surface area contributed by atoms with Gasteiger partial charge in [0.15, 0.2) is 0 Å². The quantitative estimate of drug-likeness (QED) is 0.837. The second-order valence-electron chi connectivity index (χ2n) is 5.57. The summed E-state index contributed by atoms with van der Waals surface area (Å²) < 4.78 is 10.8. The van der Waals surface area contributed by atoms with Crippen molar-refractivity contribution < 1.29 is 9.47 Å². The minimum Gasteiger partial charge on any atom is -0.482 e. The number of nitrogens with one attached hydrogen (secondary N) is 2. The number of hydrogen-bond acceptors (Lipinski definition) is 4. The van der Waals surface area contributed by atoms with Crippen molar-refractivity contribution in [1.82, 2.24) is 10.6 Å². The molecule has 0 amide bonds. The van der Waals surface area contributed by atoms with Crippen molar-refractivity contribution in [3.8, 4) is 5.75 Å². The summed E-state index contributed by atoms with van der Waals surface area (Å²) in [6.07, 6.45) is 11.2. The van der Waals surface area contributed by atoms with Crippen LogP contribution in [0.5, 0.6) is 5.75 Å². The molecule has 1 saturated heterocycles. The van der Waals surface area contributed by atoms with Gasteiger partial charge in [0.05, 0.1) is 6.42 Å². The predicted octanol–water partition coefficient (Wildman–Crippen LogP) is 2.84. The van der Waals surface area contributed by atoms with Crippen LogP contribution in [-0.2, 0) is 17.7 Å². The molecule has 0 unspecified atom stereocenters. The van der Waals surface area contributed by atoms with Gasteiger partial charge in [-0.25, -0.2) is 0 Å². The number of ether oxygens (including phenoxy) is 2. The fraction of sp³-hybridized carbons (Fsp3) is 0.316. The Kier molecular flexibility index (Phi) is 5.51. The van der Waals surface area contributed by atoms with Crippen molar-refractivity contribution in [2.24, 2.45) is 0 Å². The standard InChI is InChI=1S/C10H13NO.C9H10NO/c1-2-8-3-4-10-9(5-8)6-11-7-12-10;1-2-4-9-5-8(3-1)6-10-7-11-9/h3-5,11H,2,6-7H2,1H3;1-5,10H,6-7H2. The molecule has 4 rings (SSSR count). The summed E-state index contributed by atoms with van der Waals surface area (Å²) in [7, 11) is 0. The Balaban J connectivity index is 0.000000136. The summed E-state index contributed by atoms with van der Waals surface area (Å²) in [6, 6.07) is 6.40. The molecule has 121 valence electrons. The van der Waals surface area contributed by atoms with Crippen molar-refractivity contribution in [2.75, 3.05) is 20.0 Å². The first kappa shape index (κ1) is 15.8. The van der Waals surface area contributed by atoms with Crippen LogP contribution in [0.2, 0.25) is 0 Å². The van der Waals surface area contributed by atoms with Crippen LogP contribution in [0, 0.1) is 6.42 Å². The zero-order valence-corrected chi connectivity index (χ0v) is 13.5. The molecule has 1 fully saturated rings. The average Bonchev–Trinajstić information content (AvgIpc) is 2.98. The van der Waals surface area contributed by atoms with Crippen LogP contribution in [0.15, 0.2) is 53.8 Å². The summed E-state index contributed by atoms with van der Waals surface area (Å²) in [6.45, 7) is 5.23. The van der Waals surface area contributed by atoms with Crippen molar-refractivity contribution in [2.45, 2.75) is 19.9 Å². The molecule has 2 bridgehead atoms. The molecule has 0 spiro atoms. The molecule has 1 aromatic carbocycles. The van der Waals surface area contributed by atoms with Gasteiger partial charge >= 0.3 is 0 Å². The number of benzene rings is 1. The Morgan fingerprint density at radius 2 is 1.83 bits per heavy atom. The summed E-state index contributed by atoms with van der Waals surface area (Å²) in [5.74, 6) is 1.97. The average molecular weight is 311 g/mol. The maximum absolute atomic E-state index is 5.41. The molecule has 23 heavy (non-hydrogen) atoms. The highest BCUT2D eigenvalue weighted by Gasteiger charge is 2.09. The molecule has 2 heterocycles. The molecule has 1 aromatic rings. The van der Waals surface area contributed by atoms with E-state index in [1.807, 2.05) is 18.2 Å². The SMILES string of the molecule is CCc1ccc2c(c1)CNCO2.[CH]1C2=CC=CC=C1OCNC2. The summed E-state index contributed by atoms with van der Waals surface area (Å²) in [4.78, 5) is 0. The van der Waals surface area contributed by atoms with Gasteiger partial charge in [-0.2, -0.15) is 0 Å². The summed E-state index contributed by atoms with van der Waals surface area (Å²) in [5.41, 5.74) is 3.92. The van der Waals surface area contributed by atoms with E-state index in [0.29, 0.717) is 13.5 Å². The van der Waals surface area contributed by atoms with E-state index in [9.17, 15) is 0 Å². The van der Waals surface area contributed by atoms with E-state index in [0.717, 1.165) is 31.0 Å². The maximum atomic E-state index is 5.41. The third-order valence-corrected chi connectivity index (χ3v) is 3.86. The van der Waals surface area contributed by atoms with Gasteiger partial charge in [-0.3, -0.25) is 10.6 Å². The highest BCUT2D eigenvalue weighted by atomic mass is 16.5. The molecule has 4 heteroatoms. The van der Waals surface area contributed by atoms with Crippen LogP contribution in [-0.4, -0.2) is 20.0 Å². The summed E-state index contributed by atoms with van der Waals surface area (Å²) >= 11 is 0. The van der Waals surface area contributed by atoms with E-state index >= 15 is 0 Å². The molecule has 4 nitrogen and oxygen atoms in total. The predicted molar refractivity (Wildman–Crippen MR) is 91.7 cm³/mol. The highest BCUT2D eigenvalue weighted by molar-refractivity contribution is 5.38. The van der Waals surface area contributed by atoms with Crippen molar-refractivity contribution >= 4 is 0 Å². The number of allylic oxidation sites excluding steroid dienone is 5. The van der Waals surface area contributed by atoms with Gasteiger partial charge in [0, 0.05) is 18.7 Å². The lowest BCUT2D eigenvalue weighted by Gasteiger charge is -2.18. The first-order valence-corrected chi connectivity index (χ1v) is 8.06.